The fourth-order valence-electron chi connectivity index (χ4n) is 2.13. The molecule has 1 amide bonds. The van der Waals surface area contributed by atoms with Gasteiger partial charge in [-0.3, -0.25) is 9.69 Å². The lowest BCUT2D eigenvalue weighted by atomic mass is 10.2. The SMILES string of the molecule is CC(C(=O)Nc1cccc(N)c1)N1CCOC(C#N)C1. The number of anilines is 2. The number of hydrogen-bond acceptors (Lipinski definition) is 5. The first kappa shape index (κ1) is 14.3. The minimum Gasteiger partial charge on any atom is -0.399 e. The van der Waals surface area contributed by atoms with Crippen LogP contribution in [-0.2, 0) is 9.53 Å². The third-order valence-corrected chi connectivity index (χ3v) is 3.32. The zero-order chi connectivity index (χ0) is 14.5. The molecule has 0 spiro atoms. The van der Waals surface area contributed by atoms with Crippen molar-refractivity contribution in [2.24, 2.45) is 0 Å². The summed E-state index contributed by atoms with van der Waals surface area (Å²) in [5.41, 5.74) is 6.95. The van der Waals surface area contributed by atoms with Gasteiger partial charge >= 0.3 is 0 Å². The van der Waals surface area contributed by atoms with E-state index in [0.29, 0.717) is 31.1 Å². The highest BCUT2D eigenvalue weighted by atomic mass is 16.5. The molecule has 0 aromatic heterocycles. The number of morpholine rings is 1. The van der Waals surface area contributed by atoms with E-state index in [2.05, 4.69) is 11.4 Å². The van der Waals surface area contributed by atoms with Gasteiger partial charge < -0.3 is 15.8 Å². The smallest absolute Gasteiger partial charge is 0.241 e. The van der Waals surface area contributed by atoms with Crippen molar-refractivity contribution >= 4 is 17.3 Å². The molecule has 1 aliphatic heterocycles. The molecule has 1 saturated heterocycles. The van der Waals surface area contributed by atoms with Crippen molar-refractivity contribution in [2.75, 3.05) is 30.7 Å². The Kier molecular flexibility index (Phi) is 4.56. The Hall–Kier alpha value is -2.10. The highest BCUT2D eigenvalue weighted by Gasteiger charge is 2.27. The number of carbonyl (C=O) groups is 1. The normalized spacial score (nSPS) is 20.9. The van der Waals surface area contributed by atoms with E-state index in [1.165, 1.54) is 0 Å². The number of ether oxygens (including phenoxy) is 1. The number of nitrogen functional groups attached to an aromatic ring is 1. The molecule has 2 rings (SSSR count). The summed E-state index contributed by atoms with van der Waals surface area (Å²) < 4.78 is 5.27. The van der Waals surface area contributed by atoms with Crippen LogP contribution in [0.1, 0.15) is 6.92 Å². The van der Waals surface area contributed by atoms with Crippen LogP contribution in [0.5, 0.6) is 0 Å². The van der Waals surface area contributed by atoms with Gasteiger partial charge in [0.2, 0.25) is 5.91 Å². The van der Waals surface area contributed by atoms with E-state index >= 15 is 0 Å². The lowest BCUT2D eigenvalue weighted by Gasteiger charge is -2.33. The molecule has 1 heterocycles. The van der Waals surface area contributed by atoms with Crippen LogP contribution in [0.15, 0.2) is 24.3 Å². The molecule has 6 heteroatoms. The van der Waals surface area contributed by atoms with E-state index in [1.807, 2.05) is 11.8 Å². The largest absolute Gasteiger partial charge is 0.399 e. The number of nitrogens with one attached hydrogen (secondary N) is 1. The molecule has 1 aromatic rings. The molecular weight excluding hydrogens is 256 g/mol. The van der Waals surface area contributed by atoms with E-state index in [1.54, 1.807) is 24.3 Å². The summed E-state index contributed by atoms with van der Waals surface area (Å²) in [6, 6.07) is 8.80. The maximum Gasteiger partial charge on any atom is 0.241 e. The Labute approximate surface area is 118 Å². The van der Waals surface area contributed by atoms with Crippen molar-refractivity contribution in [3.05, 3.63) is 24.3 Å². The van der Waals surface area contributed by atoms with Crippen LogP contribution in [0.25, 0.3) is 0 Å². The first-order valence-electron chi connectivity index (χ1n) is 6.52. The fraction of sp³-hybridized carbons (Fsp3) is 0.429. The van der Waals surface area contributed by atoms with Crippen LogP contribution >= 0.6 is 0 Å². The molecule has 6 nitrogen and oxygen atoms in total. The molecule has 1 fully saturated rings. The first-order valence-corrected chi connectivity index (χ1v) is 6.52. The second-order valence-electron chi connectivity index (χ2n) is 4.77. The van der Waals surface area contributed by atoms with Gasteiger partial charge in [-0.2, -0.15) is 5.26 Å². The summed E-state index contributed by atoms with van der Waals surface area (Å²) in [5, 5.41) is 11.7. The second kappa shape index (κ2) is 6.37. The zero-order valence-electron chi connectivity index (χ0n) is 11.4. The molecule has 20 heavy (non-hydrogen) atoms. The maximum atomic E-state index is 12.2. The van der Waals surface area contributed by atoms with Gasteiger partial charge in [0.05, 0.1) is 18.7 Å². The number of carbonyl (C=O) groups excluding carboxylic acids is 1. The maximum absolute atomic E-state index is 12.2. The Morgan fingerprint density at radius 3 is 3.15 bits per heavy atom. The van der Waals surface area contributed by atoms with Gasteiger partial charge in [-0.1, -0.05) is 6.07 Å². The minimum absolute atomic E-state index is 0.116. The zero-order valence-corrected chi connectivity index (χ0v) is 11.4. The molecule has 1 aromatic carbocycles. The van der Waals surface area contributed by atoms with Crippen LogP contribution in [0.3, 0.4) is 0 Å². The third-order valence-electron chi connectivity index (χ3n) is 3.32. The number of rotatable bonds is 3. The number of nitriles is 1. The van der Waals surface area contributed by atoms with Crippen LogP contribution in [0.2, 0.25) is 0 Å². The van der Waals surface area contributed by atoms with Crippen molar-refractivity contribution in [1.82, 2.24) is 4.90 Å². The molecule has 2 unspecified atom stereocenters. The summed E-state index contributed by atoms with van der Waals surface area (Å²) in [6.07, 6.45) is -0.466. The summed E-state index contributed by atoms with van der Waals surface area (Å²) in [5.74, 6) is -0.116. The Balaban J connectivity index is 1.96. The van der Waals surface area contributed by atoms with Gasteiger partial charge in [0, 0.05) is 24.5 Å². The van der Waals surface area contributed by atoms with E-state index in [4.69, 9.17) is 15.7 Å². The quantitative estimate of drug-likeness (QED) is 0.796. The monoisotopic (exact) mass is 274 g/mol. The Bertz CT molecular complexity index is 526. The lowest BCUT2D eigenvalue weighted by molar-refractivity contribution is -0.123. The molecular formula is C14H18N4O2. The Morgan fingerprint density at radius 1 is 1.65 bits per heavy atom. The van der Waals surface area contributed by atoms with Crippen LogP contribution in [0, 0.1) is 11.3 Å². The molecule has 0 saturated carbocycles. The molecule has 106 valence electrons. The van der Waals surface area contributed by atoms with Crippen LogP contribution < -0.4 is 11.1 Å². The molecule has 0 bridgehead atoms. The number of nitrogens with two attached hydrogens (primary N) is 1. The highest BCUT2D eigenvalue weighted by molar-refractivity contribution is 5.94. The standard InChI is InChI=1S/C14H18N4O2/c1-10(18-5-6-20-13(8-15)9-18)14(19)17-12-4-2-3-11(16)7-12/h2-4,7,10,13H,5-6,9,16H2,1H3,(H,17,19). The minimum atomic E-state index is -0.466. The average molecular weight is 274 g/mol. The van der Waals surface area contributed by atoms with Gasteiger partial charge in [0.15, 0.2) is 6.10 Å². The number of hydrogen-bond donors (Lipinski definition) is 2. The van der Waals surface area contributed by atoms with Crippen LogP contribution in [0.4, 0.5) is 11.4 Å². The molecule has 3 N–H and O–H groups in total. The third kappa shape index (κ3) is 3.47. The first-order chi connectivity index (χ1) is 9.60. The van der Waals surface area contributed by atoms with Gasteiger partial charge in [-0.15, -0.1) is 0 Å². The molecule has 0 aliphatic carbocycles. The fourth-order valence-corrected chi connectivity index (χ4v) is 2.13. The van der Waals surface area contributed by atoms with Crippen molar-refractivity contribution in [3.8, 4) is 6.07 Å². The molecule has 1 aliphatic rings. The van der Waals surface area contributed by atoms with Gasteiger partial charge in [0.25, 0.3) is 0 Å². The summed E-state index contributed by atoms with van der Waals surface area (Å²) in [7, 11) is 0. The summed E-state index contributed by atoms with van der Waals surface area (Å²) in [6.45, 7) is 3.38. The molecule has 0 radical (unpaired) electrons. The summed E-state index contributed by atoms with van der Waals surface area (Å²) >= 11 is 0. The number of benzene rings is 1. The van der Waals surface area contributed by atoms with Gasteiger partial charge in [0.1, 0.15) is 0 Å². The highest BCUT2D eigenvalue weighted by Crippen LogP contribution is 2.14. The van der Waals surface area contributed by atoms with Gasteiger partial charge in [-0.05, 0) is 25.1 Å². The van der Waals surface area contributed by atoms with Crippen molar-refractivity contribution in [1.29, 1.82) is 5.26 Å². The van der Waals surface area contributed by atoms with Gasteiger partial charge in [-0.25, -0.2) is 0 Å². The van der Waals surface area contributed by atoms with Crippen molar-refractivity contribution in [3.63, 3.8) is 0 Å². The topological polar surface area (TPSA) is 91.4 Å². The predicted octanol–water partition coefficient (Wildman–Crippen LogP) is 0.820. The lowest BCUT2D eigenvalue weighted by Crippen LogP contribution is -2.50. The van der Waals surface area contributed by atoms with E-state index in [9.17, 15) is 4.79 Å². The van der Waals surface area contributed by atoms with Crippen molar-refractivity contribution < 1.29 is 9.53 Å². The van der Waals surface area contributed by atoms with Crippen molar-refractivity contribution in [2.45, 2.75) is 19.1 Å². The number of amides is 1. The predicted molar refractivity (Wildman–Crippen MR) is 75.9 cm³/mol. The van der Waals surface area contributed by atoms with E-state index in [0.717, 1.165) is 0 Å². The van der Waals surface area contributed by atoms with Crippen LogP contribution in [-0.4, -0.2) is 42.6 Å². The second-order valence-corrected chi connectivity index (χ2v) is 4.77. The average Bonchev–Trinajstić information content (AvgIpc) is 2.46. The van der Waals surface area contributed by atoms with E-state index < -0.39 is 6.10 Å². The number of nitrogens with zero attached hydrogens (tertiary/aromatic N) is 2. The summed E-state index contributed by atoms with van der Waals surface area (Å²) in [4.78, 5) is 14.1. The molecule has 2 atom stereocenters. The van der Waals surface area contributed by atoms with E-state index in [-0.39, 0.29) is 11.9 Å². The Morgan fingerprint density at radius 2 is 2.45 bits per heavy atom.